The Hall–Kier alpha value is -1.46. The summed E-state index contributed by atoms with van der Waals surface area (Å²) in [7, 11) is 0. The Morgan fingerprint density at radius 3 is 2.62 bits per heavy atom. The molecule has 0 saturated carbocycles. The maximum atomic E-state index is 10.2. The van der Waals surface area contributed by atoms with Gasteiger partial charge in [0.15, 0.2) is 0 Å². The minimum atomic E-state index is 0.0351. The van der Waals surface area contributed by atoms with Gasteiger partial charge in [0, 0.05) is 0 Å². The van der Waals surface area contributed by atoms with Crippen molar-refractivity contribution in [3.63, 3.8) is 0 Å². The van der Waals surface area contributed by atoms with E-state index in [4.69, 9.17) is 10.4 Å². The molecule has 0 amide bonds. The standard InChI is InChI=1S/C8H10N2O3/c1-2-6-5-7(9-11)3-4-8(6)10(12)13/h3-5,12-13H,2H2,1H3. The van der Waals surface area contributed by atoms with E-state index >= 15 is 0 Å². The van der Waals surface area contributed by atoms with Gasteiger partial charge >= 0.3 is 0 Å². The van der Waals surface area contributed by atoms with Crippen LogP contribution in [0.4, 0.5) is 11.4 Å². The first-order chi connectivity index (χ1) is 6.19. The Labute approximate surface area is 75.1 Å². The quantitative estimate of drug-likeness (QED) is 0.555. The fraction of sp³-hybridized carbons (Fsp3) is 0.250. The average molecular weight is 182 g/mol. The number of aryl methyl sites for hydroxylation is 1. The maximum absolute atomic E-state index is 10.2. The fourth-order valence-electron chi connectivity index (χ4n) is 1.11. The first-order valence-corrected chi connectivity index (χ1v) is 3.83. The van der Waals surface area contributed by atoms with Gasteiger partial charge in [0.1, 0.15) is 5.69 Å². The predicted octanol–water partition coefficient (Wildman–Crippen LogP) is 2.23. The van der Waals surface area contributed by atoms with Gasteiger partial charge in [-0.25, -0.2) is 0 Å². The van der Waals surface area contributed by atoms with Gasteiger partial charge in [0.05, 0.1) is 5.69 Å². The van der Waals surface area contributed by atoms with Gasteiger partial charge in [-0.15, -0.1) is 10.1 Å². The number of nitrogens with zero attached hydrogens (tertiary/aromatic N) is 2. The summed E-state index contributed by atoms with van der Waals surface area (Å²) in [5.41, 5.74) is 1.19. The summed E-state index contributed by atoms with van der Waals surface area (Å²) in [6, 6.07) is 4.36. The van der Waals surface area contributed by atoms with Crippen LogP contribution in [0, 0.1) is 4.91 Å². The molecular weight excluding hydrogens is 172 g/mol. The van der Waals surface area contributed by atoms with Crippen LogP contribution in [0.15, 0.2) is 23.4 Å². The molecule has 0 aliphatic heterocycles. The van der Waals surface area contributed by atoms with Crippen molar-refractivity contribution >= 4 is 11.4 Å². The molecule has 0 fully saturated rings. The maximum Gasteiger partial charge on any atom is 0.108 e. The minimum Gasteiger partial charge on any atom is -0.264 e. The van der Waals surface area contributed by atoms with Crippen molar-refractivity contribution in [2.24, 2.45) is 5.18 Å². The first kappa shape index (κ1) is 9.63. The molecule has 2 N–H and O–H groups in total. The number of nitroso groups, excluding NO2 is 1. The van der Waals surface area contributed by atoms with Crippen molar-refractivity contribution in [1.29, 1.82) is 0 Å². The topological polar surface area (TPSA) is 73.1 Å². The molecule has 13 heavy (non-hydrogen) atoms. The van der Waals surface area contributed by atoms with Crippen molar-refractivity contribution in [3.05, 3.63) is 28.7 Å². The molecule has 0 radical (unpaired) electrons. The molecule has 5 nitrogen and oxygen atoms in total. The summed E-state index contributed by atoms with van der Waals surface area (Å²) in [5, 5.41) is 20.3. The van der Waals surface area contributed by atoms with Crippen molar-refractivity contribution in [1.82, 2.24) is 0 Å². The first-order valence-electron chi connectivity index (χ1n) is 3.83. The number of anilines is 1. The Morgan fingerprint density at radius 2 is 2.15 bits per heavy atom. The van der Waals surface area contributed by atoms with E-state index in [2.05, 4.69) is 5.18 Å². The molecular formula is C8H10N2O3. The predicted molar refractivity (Wildman–Crippen MR) is 47.3 cm³/mol. The zero-order valence-corrected chi connectivity index (χ0v) is 7.14. The highest BCUT2D eigenvalue weighted by Gasteiger charge is 2.06. The third-order valence-corrected chi connectivity index (χ3v) is 1.76. The molecule has 0 spiro atoms. The highest BCUT2D eigenvalue weighted by atomic mass is 16.8. The van der Waals surface area contributed by atoms with E-state index in [1.54, 1.807) is 0 Å². The molecule has 0 aromatic heterocycles. The molecule has 0 unspecified atom stereocenters. The lowest BCUT2D eigenvalue weighted by molar-refractivity contribution is 0.0287. The van der Waals surface area contributed by atoms with E-state index < -0.39 is 0 Å². The molecule has 0 saturated heterocycles. The Bertz CT molecular complexity index is 312. The van der Waals surface area contributed by atoms with Gasteiger partial charge in [-0.3, -0.25) is 10.4 Å². The van der Waals surface area contributed by atoms with Gasteiger partial charge < -0.3 is 0 Å². The van der Waals surface area contributed by atoms with E-state index in [0.717, 1.165) is 0 Å². The molecule has 0 aliphatic carbocycles. The van der Waals surface area contributed by atoms with Crippen LogP contribution in [0.2, 0.25) is 0 Å². The average Bonchev–Trinajstić information content (AvgIpc) is 2.16. The van der Waals surface area contributed by atoms with E-state index in [1.165, 1.54) is 18.2 Å². The lowest BCUT2D eigenvalue weighted by Crippen LogP contribution is -2.12. The SMILES string of the molecule is CCc1cc(N=O)ccc1N(O)O. The van der Waals surface area contributed by atoms with E-state index in [9.17, 15) is 4.91 Å². The van der Waals surface area contributed by atoms with E-state index in [-0.39, 0.29) is 16.6 Å². The van der Waals surface area contributed by atoms with Crippen molar-refractivity contribution in [3.8, 4) is 0 Å². The molecule has 70 valence electrons. The van der Waals surface area contributed by atoms with Crippen LogP contribution in [-0.4, -0.2) is 10.4 Å². The third-order valence-electron chi connectivity index (χ3n) is 1.76. The van der Waals surface area contributed by atoms with Crippen molar-refractivity contribution in [2.45, 2.75) is 13.3 Å². The van der Waals surface area contributed by atoms with Crippen LogP contribution in [0.3, 0.4) is 0 Å². The second-order valence-corrected chi connectivity index (χ2v) is 2.55. The molecule has 5 heteroatoms. The summed E-state index contributed by atoms with van der Waals surface area (Å²) in [6.07, 6.45) is 0.594. The second kappa shape index (κ2) is 3.97. The van der Waals surface area contributed by atoms with Gasteiger partial charge in [-0.1, -0.05) is 6.92 Å². The Morgan fingerprint density at radius 1 is 1.46 bits per heavy atom. The summed E-state index contributed by atoms with van der Waals surface area (Å²) in [4.78, 5) is 10.2. The summed E-state index contributed by atoms with van der Waals surface area (Å²) >= 11 is 0. The number of hydrogen-bond acceptors (Lipinski definition) is 5. The lowest BCUT2D eigenvalue weighted by Gasteiger charge is -2.12. The zero-order valence-electron chi connectivity index (χ0n) is 7.14. The van der Waals surface area contributed by atoms with Crippen LogP contribution in [-0.2, 0) is 6.42 Å². The largest absolute Gasteiger partial charge is 0.264 e. The van der Waals surface area contributed by atoms with Crippen molar-refractivity contribution < 1.29 is 10.4 Å². The van der Waals surface area contributed by atoms with Crippen LogP contribution >= 0.6 is 0 Å². The van der Waals surface area contributed by atoms with E-state index in [0.29, 0.717) is 12.0 Å². The van der Waals surface area contributed by atoms with Gasteiger partial charge in [0.2, 0.25) is 0 Å². The lowest BCUT2D eigenvalue weighted by atomic mass is 10.1. The number of rotatable bonds is 3. The third kappa shape index (κ3) is 2.01. The minimum absolute atomic E-state index is 0.0351. The van der Waals surface area contributed by atoms with Crippen LogP contribution < -0.4 is 5.23 Å². The number of hydrogen-bond donors (Lipinski definition) is 2. The molecule has 1 aromatic carbocycles. The molecule has 0 aliphatic rings. The monoisotopic (exact) mass is 182 g/mol. The van der Waals surface area contributed by atoms with Gasteiger partial charge in [0.25, 0.3) is 0 Å². The fourth-order valence-corrected chi connectivity index (χ4v) is 1.11. The Kier molecular flexibility index (Phi) is 2.94. The number of benzene rings is 1. The smallest absolute Gasteiger partial charge is 0.108 e. The van der Waals surface area contributed by atoms with Crippen molar-refractivity contribution in [2.75, 3.05) is 5.23 Å². The van der Waals surface area contributed by atoms with Crippen LogP contribution in [0.25, 0.3) is 0 Å². The van der Waals surface area contributed by atoms with Crippen LogP contribution in [0.5, 0.6) is 0 Å². The summed E-state index contributed by atoms with van der Waals surface area (Å²) < 4.78 is 0. The highest BCUT2D eigenvalue weighted by Crippen LogP contribution is 2.24. The summed E-state index contributed by atoms with van der Waals surface area (Å²) in [5.74, 6) is 0. The molecule has 0 heterocycles. The normalized spacial score (nSPS) is 9.77. The molecule has 0 atom stereocenters. The van der Waals surface area contributed by atoms with Gasteiger partial charge in [-0.05, 0) is 35.4 Å². The highest BCUT2D eigenvalue weighted by molar-refractivity contribution is 5.56. The molecule has 1 rings (SSSR count). The summed E-state index contributed by atoms with van der Waals surface area (Å²) in [6.45, 7) is 1.84. The van der Waals surface area contributed by atoms with E-state index in [1.807, 2.05) is 6.92 Å². The molecule has 0 bridgehead atoms. The van der Waals surface area contributed by atoms with Crippen LogP contribution in [0.1, 0.15) is 12.5 Å². The zero-order chi connectivity index (χ0) is 9.84. The van der Waals surface area contributed by atoms with Gasteiger partial charge in [-0.2, -0.15) is 0 Å². The Balaban J connectivity index is 3.15. The second-order valence-electron chi connectivity index (χ2n) is 2.55. The molecule has 1 aromatic rings.